The summed E-state index contributed by atoms with van der Waals surface area (Å²) in [5.74, 6) is -0.288. The number of esters is 1. The lowest BCUT2D eigenvalue weighted by molar-refractivity contribution is -0.136. The zero-order valence-electron chi connectivity index (χ0n) is 17.4. The first-order chi connectivity index (χ1) is 15.0. The molecule has 3 rings (SSSR count). The minimum Gasteiger partial charge on any atom is -0.484 e. The lowest BCUT2D eigenvalue weighted by Gasteiger charge is -2.29. The zero-order valence-corrected chi connectivity index (χ0v) is 17.4. The van der Waals surface area contributed by atoms with E-state index in [2.05, 4.69) is 16.0 Å². The lowest BCUT2D eigenvalue weighted by Crippen LogP contribution is -2.45. The van der Waals surface area contributed by atoms with Crippen LogP contribution in [0.5, 0.6) is 5.75 Å². The number of allylic oxidation sites excluding steroid dienone is 1. The molecule has 31 heavy (non-hydrogen) atoms. The van der Waals surface area contributed by atoms with Crippen LogP contribution in [0.3, 0.4) is 0 Å². The molecule has 8 heteroatoms. The van der Waals surface area contributed by atoms with Gasteiger partial charge >= 0.3 is 12.0 Å². The van der Waals surface area contributed by atoms with Gasteiger partial charge in [-0.25, -0.2) is 9.59 Å². The molecular formula is C23H25N3O5. The van der Waals surface area contributed by atoms with Crippen LogP contribution in [0.4, 0.5) is 10.5 Å². The summed E-state index contributed by atoms with van der Waals surface area (Å²) in [5, 5.41) is 8.22. The normalized spacial score (nSPS) is 15.5. The first-order valence-corrected chi connectivity index (χ1v) is 9.98. The number of anilines is 1. The van der Waals surface area contributed by atoms with E-state index in [1.807, 2.05) is 25.1 Å². The molecule has 0 saturated heterocycles. The number of hydrogen-bond acceptors (Lipinski definition) is 5. The Morgan fingerprint density at radius 3 is 2.42 bits per heavy atom. The number of ether oxygens (including phenoxy) is 2. The number of para-hydroxylation sites is 1. The summed E-state index contributed by atoms with van der Waals surface area (Å²) in [5.41, 5.74) is 2.32. The van der Waals surface area contributed by atoms with Crippen LogP contribution >= 0.6 is 0 Å². The molecular weight excluding hydrogens is 398 g/mol. The van der Waals surface area contributed by atoms with Gasteiger partial charge in [0.15, 0.2) is 6.61 Å². The van der Waals surface area contributed by atoms with Crippen LogP contribution in [0.15, 0.2) is 65.9 Å². The predicted molar refractivity (Wildman–Crippen MR) is 115 cm³/mol. The number of amides is 3. The molecule has 2 aromatic rings. The van der Waals surface area contributed by atoms with Crippen LogP contribution in [0.25, 0.3) is 0 Å². The average molecular weight is 423 g/mol. The maximum Gasteiger partial charge on any atom is 0.337 e. The largest absolute Gasteiger partial charge is 0.484 e. The summed E-state index contributed by atoms with van der Waals surface area (Å²) < 4.78 is 10.5. The highest BCUT2D eigenvalue weighted by Crippen LogP contribution is 2.30. The number of hydrogen-bond donors (Lipinski definition) is 3. The minimum absolute atomic E-state index is 0.147. The molecule has 1 unspecified atom stereocenters. The molecule has 162 valence electrons. The highest BCUT2D eigenvalue weighted by Gasteiger charge is 2.33. The maximum absolute atomic E-state index is 12.4. The van der Waals surface area contributed by atoms with Gasteiger partial charge in [0.1, 0.15) is 5.75 Å². The fraction of sp³-hybridized carbons (Fsp3) is 0.261. The molecule has 1 aliphatic rings. The number of methoxy groups -OCH3 is 1. The van der Waals surface area contributed by atoms with Gasteiger partial charge in [0.05, 0.1) is 18.7 Å². The Balaban J connectivity index is 1.70. The van der Waals surface area contributed by atoms with Crippen LogP contribution < -0.4 is 20.7 Å². The van der Waals surface area contributed by atoms with E-state index in [1.165, 1.54) is 7.11 Å². The van der Waals surface area contributed by atoms with E-state index in [4.69, 9.17) is 9.47 Å². The van der Waals surface area contributed by atoms with Crippen molar-refractivity contribution in [3.8, 4) is 5.75 Å². The van der Waals surface area contributed by atoms with Crippen LogP contribution in [-0.4, -0.2) is 31.6 Å². The van der Waals surface area contributed by atoms with Crippen molar-refractivity contribution in [1.82, 2.24) is 10.6 Å². The molecule has 1 heterocycles. The quantitative estimate of drug-likeness (QED) is 0.565. The number of carbonyl (C=O) groups is 3. The Labute approximate surface area is 180 Å². The van der Waals surface area contributed by atoms with Crippen LogP contribution in [0.2, 0.25) is 0 Å². The van der Waals surface area contributed by atoms with E-state index in [0.717, 1.165) is 6.42 Å². The van der Waals surface area contributed by atoms with Crippen LogP contribution in [0.1, 0.15) is 31.4 Å². The lowest BCUT2D eigenvalue weighted by atomic mass is 9.94. The van der Waals surface area contributed by atoms with Gasteiger partial charge < -0.3 is 25.4 Å². The second-order valence-electron chi connectivity index (χ2n) is 6.94. The Bertz CT molecular complexity index is 970. The van der Waals surface area contributed by atoms with Crippen molar-refractivity contribution < 1.29 is 23.9 Å². The molecule has 1 aliphatic heterocycles. The molecule has 0 fully saturated rings. The SMILES string of the molecule is CCCC1=C(C(=O)OC)C(c2ccc(OCC(=O)Nc3ccccc3)cc2)NC(=O)N1. The van der Waals surface area contributed by atoms with Crippen molar-refractivity contribution in [3.63, 3.8) is 0 Å². The Morgan fingerprint density at radius 2 is 1.77 bits per heavy atom. The van der Waals surface area contributed by atoms with Gasteiger partial charge in [-0.05, 0) is 36.2 Å². The van der Waals surface area contributed by atoms with E-state index in [-0.39, 0.29) is 18.5 Å². The van der Waals surface area contributed by atoms with Crippen LogP contribution in [-0.2, 0) is 14.3 Å². The molecule has 0 aliphatic carbocycles. The van der Waals surface area contributed by atoms with Crippen LogP contribution in [0, 0.1) is 0 Å². The summed E-state index contributed by atoms with van der Waals surface area (Å²) >= 11 is 0. The standard InChI is InChI=1S/C23H25N3O5/c1-3-7-18-20(22(28)30-2)21(26-23(29)25-18)15-10-12-17(13-11-15)31-14-19(27)24-16-8-5-4-6-9-16/h4-6,8-13,21H,3,7,14H2,1-2H3,(H,24,27)(H2,25,26,29). The molecule has 0 spiro atoms. The second kappa shape index (κ2) is 10.3. The average Bonchev–Trinajstić information content (AvgIpc) is 2.78. The number of benzene rings is 2. The van der Waals surface area contributed by atoms with E-state index >= 15 is 0 Å². The molecule has 3 N–H and O–H groups in total. The van der Waals surface area contributed by atoms with E-state index < -0.39 is 12.0 Å². The third-order valence-electron chi connectivity index (χ3n) is 4.70. The Morgan fingerprint density at radius 1 is 1.06 bits per heavy atom. The molecule has 2 aromatic carbocycles. The maximum atomic E-state index is 12.4. The fourth-order valence-electron chi connectivity index (χ4n) is 3.29. The van der Waals surface area contributed by atoms with Gasteiger partial charge in [-0.2, -0.15) is 0 Å². The summed E-state index contributed by atoms with van der Waals surface area (Å²) in [4.78, 5) is 36.5. The summed E-state index contributed by atoms with van der Waals surface area (Å²) in [6, 6.07) is 15.0. The topological polar surface area (TPSA) is 106 Å². The predicted octanol–water partition coefficient (Wildman–Crippen LogP) is 3.29. The van der Waals surface area contributed by atoms with Gasteiger partial charge in [-0.3, -0.25) is 4.79 Å². The number of carbonyl (C=O) groups excluding carboxylic acids is 3. The second-order valence-corrected chi connectivity index (χ2v) is 6.94. The van der Waals surface area contributed by atoms with Gasteiger partial charge in [0.2, 0.25) is 0 Å². The van der Waals surface area contributed by atoms with Gasteiger partial charge in [0.25, 0.3) is 5.91 Å². The molecule has 8 nitrogen and oxygen atoms in total. The van der Waals surface area contributed by atoms with E-state index in [9.17, 15) is 14.4 Å². The molecule has 1 atom stereocenters. The summed E-state index contributed by atoms with van der Waals surface area (Å²) in [7, 11) is 1.31. The van der Waals surface area contributed by atoms with Crippen molar-refractivity contribution in [2.24, 2.45) is 0 Å². The van der Waals surface area contributed by atoms with Gasteiger partial charge in [-0.15, -0.1) is 0 Å². The van der Waals surface area contributed by atoms with E-state index in [0.29, 0.717) is 34.7 Å². The smallest absolute Gasteiger partial charge is 0.337 e. The fourth-order valence-corrected chi connectivity index (χ4v) is 3.29. The van der Waals surface area contributed by atoms with Gasteiger partial charge in [-0.1, -0.05) is 43.7 Å². The first kappa shape index (κ1) is 21.9. The third-order valence-corrected chi connectivity index (χ3v) is 4.70. The van der Waals surface area contributed by atoms with Gasteiger partial charge in [0, 0.05) is 11.4 Å². The van der Waals surface area contributed by atoms with Crippen molar-refractivity contribution in [1.29, 1.82) is 0 Å². The zero-order chi connectivity index (χ0) is 22.2. The molecule has 0 aromatic heterocycles. The third kappa shape index (κ3) is 5.63. The van der Waals surface area contributed by atoms with Crippen molar-refractivity contribution in [2.75, 3.05) is 19.0 Å². The number of urea groups is 1. The highest BCUT2D eigenvalue weighted by molar-refractivity contribution is 5.95. The molecule has 0 saturated carbocycles. The van der Waals surface area contributed by atoms with E-state index in [1.54, 1.807) is 36.4 Å². The van der Waals surface area contributed by atoms with Crippen molar-refractivity contribution in [3.05, 3.63) is 71.4 Å². The van der Waals surface area contributed by atoms with Crippen molar-refractivity contribution >= 4 is 23.6 Å². The minimum atomic E-state index is -0.641. The molecule has 0 bridgehead atoms. The number of nitrogens with one attached hydrogen (secondary N) is 3. The first-order valence-electron chi connectivity index (χ1n) is 9.98. The summed E-state index contributed by atoms with van der Waals surface area (Å²) in [6.07, 6.45) is 1.31. The van der Waals surface area contributed by atoms with Crippen molar-refractivity contribution in [2.45, 2.75) is 25.8 Å². The highest BCUT2D eigenvalue weighted by atomic mass is 16.5. The Hall–Kier alpha value is -3.81. The summed E-state index contributed by atoms with van der Waals surface area (Å²) in [6.45, 7) is 1.82. The molecule has 3 amide bonds. The number of rotatable bonds is 8. The Kier molecular flexibility index (Phi) is 7.26. The monoisotopic (exact) mass is 423 g/mol. The molecule has 0 radical (unpaired) electrons.